The van der Waals surface area contributed by atoms with Crippen LogP contribution in [0.5, 0.6) is 0 Å². The number of carbonyl (C=O) groups is 1. The fourth-order valence-electron chi connectivity index (χ4n) is 2.49. The molecule has 1 aromatic carbocycles. The summed E-state index contributed by atoms with van der Waals surface area (Å²) in [6, 6.07) is 10.4. The topological polar surface area (TPSA) is 94.6 Å². The molecule has 0 fully saturated rings. The minimum Gasteiger partial charge on any atom is -0.463 e. The summed E-state index contributed by atoms with van der Waals surface area (Å²) in [4.78, 5) is 28.8. The molecular formula is C18H18N2O5S. The van der Waals surface area contributed by atoms with Gasteiger partial charge in [-0.2, -0.15) is 0 Å². The number of carbonyl (C=O) groups excluding carboxylic acids is 1. The molecule has 3 aromatic rings. The molecule has 0 atom stereocenters. The largest absolute Gasteiger partial charge is 0.463 e. The predicted molar refractivity (Wildman–Crippen MR) is 97.3 cm³/mol. The second-order valence-electron chi connectivity index (χ2n) is 5.49. The maximum absolute atomic E-state index is 12.7. The number of ether oxygens (including phenoxy) is 1. The Bertz CT molecular complexity index is 979. The molecular weight excluding hydrogens is 356 g/mol. The van der Waals surface area contributed by atoms with Crippen molar-refractivity contribution in [2.24, 2.45) is 0 Å². The Labute approximate surface area is 153 Å². The molecule has 3 rings (SSSR count). The maximum Gasteiger partial charge on any atom is 0.373 e. The normalized spacial score (nSPS) is 11.0. The van der Waals surface area contributed by atoms with Gasteiger partial charge in [0.25, 0.3) is 5.56 Å². The van der Waals surface area contributed by atoms with Gasteiger partial charge in [0.1, 0.15) is 5.76 Å². The number of thioether (sulfide) groups is 1. The number of aliphatic hydroxyl groups excluding tert-OH is 1. The van der Waals surface area contributed by atoms with Crippen molar-refractivity contribution in [3.05, 3.63) is 58.3 Å². The lowest BCUT2D eigenvalue weighted by Gasteiger charge is -2.12. The summed E-state index contributed by atoms with van der Waals surface area (Å²) in [5.41, 5.74) is 0.483. The van der Waals surface area contributed by atoms with E-state index in [4.69, 9.17) is 9.52 Å². The Morgan fingerprint density at radius 1 is 1.31 bits per heavy atom. The summed E-state index contributed by atoms with van der Waals surface area (Å²) in [5.74, 6) is 0.574. The van der Waals surface area contributed by atoms with Crippen LogP contribution in [0.15, 0.2) is 50.8 Å². The summed E-state index contributed by atoms with van der Waals surface area (Å²) in [7, 11) is 1.29. The van der Waals surface area contributed by atoms with Crippen LogP contribution in [0.3, 0.4) is 0 Å². The number of aromatic nitrogens is 2. The average Bonchev–Trinajstić information content (AvgIpc) is 3.14. The zero-order valence-electron chi connectivity index (χ0n) is 14.2. The standard InChI is InChI=1S/C18H18N2O5S/c1-24-17(23)15-8-7-12(25-15)11-26-18-19-14-6-3-2-5-13(14)16(22)20(18)9-4-10-21/h2-3,5-8,21H,4,9-11H2,1H3. The van der Waals surface area contributed by atoms with Gasteiger partial charge in [-0.05, 0) is 30.7 Å². The van der Waals surface area contributed by atoms with E-state index in [1.165, 1.54) is 18.9 Å². The van der Waals surface area contributed by atoms with Gasteiger partial charge in [-0.15, -0.1) is 0 Å². The van der Waals surface area contributed by atoms with Crippen molar-refractivity contribution in [2.75, 3.05) is 13.7 Å². The first-order valence-corrected chi connectivity index (χ1v) is 9.03. The van der Waals surface area contributed by atoms with Crippen LogP contribution in [-0.2, 0) is 17.0 Å². The molecule has 0 unspecified atom stereocenters. The molecule has 2 heterocycles. The Morgan fingerprint density at radius 3 is 2.88 bits per heavy atom. The third kappa shape index (κ3) is 3.81. The van der Waals surface area contributed by atoms with Crippen LogP contribution in [-0.4, -0.2) is 34.3 Å². The van der Waals surface area contributed by atoms with Crippen LogP contribution < -0.4 is 5.56 Å². The van der Waals surface area contributed by atoms with Gasteiger partial charge in [0.15, 0.2) is 5.16 Å². The van der Waals surface area contributed by atoms with Gasteiger partial charge >= 0.3 is 5.97 Å². The van der Waals surface area contributed by atoms with Gasteiger partial charge < -0.3 is 14.3 Å². The Kier molecular flexibility index (Phi) is 5.75. The molecule has 1 N–H and O–H groups in total. The van der Waals surface area contributed by atoms with E-state index >= 15 is 0 Å². The summed E-state index contributed by atoms with van der Waals surface area (Å²) < 4.78 is 11.6. The van der Waals surface area contributed by atoms with Crippen LogP contribution in [0.1, 0.15) is 22.7 Å². The van der Waals surface area contributed by atoms with Gasteiger partial charge in [-0.3, -0.25) is 9.36 Å². The summed E-state index contributed by atoms with van der Waals surface area (Å²) in [5, 5.41) is 10.2. The number of aliphatic hydroxyl groups is 1. The Morgan fingerprint density at radius 2 is 2.12 bits per heavy atom. The first-order chi connectivity index (χ1) is 12.6. The number of esters is 1. The van der Waals surface area contributed by atoms with Crippen LogP contribution >= 0.6 is 11.8 Å². The molecule has 0 spiro atoms. The lowest BCUT2D eigenvalue weighted by atomic mass is 10.2. The van der Waals surface area contributed by atoms with E-state index < -0.39 is 5.97 Å². The van der Waals surface area contributed by atoms with Gasteiger partial charge in [-0.25, -0.2) is 9.78 Å². The highest BCUT2D eigenvalue weighted by molar-refractivity contribution is 7.98. The Hall–Kier alpha value is -2.58. The first-order valence-electron chi connectivity index (χ1n) is 8.04. The molecule has 0 bridgehead atoms. The Balaban J connectivity index is 1.89. The highest BCUT2D eigenvalue weighted by Gasteiger charge is 2.14. The van der Waals surface area contributed by atoms with Crippen molar-refractivity contribution in [1.82, 2.24) is 9.55 Å². The summed E-state index contributed by atoms with van der Waals surface area (Å²) in [6.45, 7) is 0.366. The van der Waals surface area contributed by atoms with Crippen LogP contribution in [0, 0.1) is 0 Å². The summed E-state index contributed by atoms with van der Waals surface area (Å²) in [6.07, 6.45) is 0.459. The molecule has 7 nitrogen and oxygen atoms in total. The average molecular weight is 374 g/mol. The van der Waals surface area contributed by atoms with Crippen molar-refractivity contribution in [1.29, 1.82) is 0 Å². The minimum atomic E-state index is -0.537. The van der Waals surface area contributed by atoms with E-state index in [1.54, 1.807) is 34.9 Å². The second kappa shape index (κ2) is 8.20. The molecule has 0 aliphatic rings. The van der Waals surface area contributed by atoms with Gasteiger partial charge in [0, 0.05) is 13.2 Å². The minimum absolute atomic E-state index is 0.00987. The van der Waals surface area contributed by atoms with Crippen molar-refractivity contribution in [2.45, 2.75) is 23.9 Å². The number of fused-ring (bicyclic) bond motifs is 1. The number of hydrogen-bond donors (Lipinski definition) is 1. The third-order valence-corrected chi connectivity index (χ3v) is 4.76. The molecule has 136 valence electrons. The molecule has 0 saturated heterocycles. The third-order valence-electron chi connectivity index (χ3n) is 3.76. The molecule has 26 heavy (non-hydrogen) atoms. The van der Waals surface area contributed by atoms with Crippen molar-refractivity contribution in [3.8, 4) is 0 Å². The number of furan rings is 1. The van der Waals surface area contributed by atoms with E-state index in [0.717, 1.165) is 0 Å². The molecule has 0 radical (unpaired) electrons. The van der Waals surface area contributed by atoms with Gasteiger partial charge in [0.05, 0.1) is 23.8 Å². The van der Waals surface area contributed by atoms with E-state index in [1.807, 2.05) is 6.07 Å². The highest BCUT2D eigenvalue weighted by atomic mass is 32.2. The number of hydrogen-bond acceptors (Lipinski definition) is 7. The van der Waals surface area contributed by atoms with Gasteiger partial charge in [0.2, 0.25) is 5.76 Å². The number of methoxy groups -OCH3 is 1. The van der Waals surface area contributed by atoms with E-state index in [-0.39, 0.29) is 17.9 Å². The smallest absolute Gasteiger partial charge is 0.373 e. The van der Waals surface area contributed by atoms with Crippen molar-refractivity contribution >= 4 is 28.6 Å². The van der Waals surface area contributed by atoms with Crippen LogP contribution in [0.4, 0.5) is 0 Å². The number of rotatable bonds is 7. The van der Waals surface area contributed by atoms with Crippen LogP contribution in [0.2, 0.25) is 0 Å². The molecule has 0 saturated carbocycles. The van der Waals surface area contributed by atoms with Crippen molar-refractivity contribution in [3.63, 3.8) is 0 Å². The van der Waals surface area contributed by atoms with E-state index in [9.17, 15) is 9.59 Å². The van der Waals surface area contributed by atoms with Gasteiger partial charge in [-0.1, -0.05) is 23.9 Å². The zero-order valence-corrected chi connectivity index (χ0v) is 15.0. The molecule has 0 aliphatic heterocycles. The lowest BCUT2D eigenvalue weighted by molar-refractivity contribution is 0.0563. The van der Waals surface area contributed by atoms with Crippen LogP contribution in [0.25, 0.3) is 10.9 Å². The lowest BCUT2D eigenvalue weighted by Crippen LogP contribution is -2.24. The fourth-order valence-corrected chi connectivity index (χ4v) is 3.40. The molecule has 0 amide bonds. The van der Waals surface area contributed by atoms with E-state index in [0.29, 0.717) is 40.5 Å². The quantitative estimate of drug-likeness (QED) is 0.386. The maximum atomic E-state index is 12.7. The first kappa shape index (κ1) is 18.2. The molecule has 8 heteroatoms. The highest BCUT2D eigenvalue weighted by Crippen LogP contribution is 2.23. The molecule has 0 aliphatic carbocycles. The zero-order chi connectivity index (χ0) is 18.5. The fraction of sp³-hybridized carbons (Fsp3) is 0.278. The number of benzene rings is 1. The number of para-hydroxylation sites is 1. The van der Waals surface area contributed by atoms with Crippen molar-refractivity contribution < 1.29 is 19.1 Å². The molecule has 2 aromatic heterocycles. The SMILES string of the molecule is COC(=O)c1ccc(CSc2nc3ccccc3c(=O)n2CCCO)o1. The number of nitrogens with zero attached hydrogens (tertiary/aromatic N) is 2. The summed E-state index contributed by atoms with van der Waals surface area (Å²) >= 11 is 1.34. The second-order valence-corrected chi connectivity index (χ2v) is 6.43. The monoisotopic (exact) mass is 374 g/mol. The van der Waals surface area contributed by atoms with E-state index in [2.05, 4.69) is 9.72 Å². The predicted octanol–water partition coefficient (Wildman–Crippen LogP) is 2.45.